The Hall–Kier alpha value is -3.15. The molecule has 4 bridgehead atoms. The Labute approximate surface area is 200 Å². The van der Waals surface area contributed by atoms with E-state index in [4.69, 9.17) is 5.73 Å². The molecule has 0 saturated heterocycles. The molecule has 6 nitrogen and oxygen atoms in total. The Kier molecular flexibility index (Phi) is 5.39. The molecule has 4 aliphatic carbocycles. The highest BCUT2D eigenvalue weighted by Gasteiger charge is 2.48. The van der Waals surface area contributed by atoms with E-state index in [2.05, 4.69) is 10.3 Å². The minimum absolute atomic E-state index is 0.136. The first kappa shape index (κ1) is 21.4. The van der Waals surface area contributed by atoms with Gasteiger partial charge in [-0.2, -0.15) is 0 Å². The second-order valence-corrected chi connectivity index (χ2v) is 10.7. The van der Waals surface area contributed by atoms with Crippen molar-refractivity contribution in [1.29, 1.82) is 0 Å². The zero-order chi connectivity index (χ0) is 23.2. The molecule has 1 heterocycles. The minimum Gasteiger partial charge on any atom is -0.369 e. The molecule has 4 fully saturated rings. The van der Waals surface area contributed by atoms with Crippen LogP contribution < -0.4 is 11.1 Å². The first-order chi connectivity index (χ1) is 16.6. The van der Waals surface area contributed by atoms with Gasteiger partial charge in [0.2, 0.25) is 5.91 Å². The van der Waals surface area contributed by atoms with Gasteiger partial charge in [0.25, 0.3) is 0 Å². The van der Waals surface area contributed by atoms with Crippen LogP contribution in [0.4, 0.5) is 5.69 Å². The Morgan fingerprint density at radius 3 is 2.53 bits per heavy atom. The highest BCUT2D eigenvalue weighted by atomic mass is 16.1. The van der Waals surface area contributed by atoms with Gasteiger partial charge in [-0.1, -0.05) is 36.4 Å². The number of amides is 1. The molecule has 2 aromatic rings. The van der Waals surface area contributed by atoms with E-state index in [0.29, 0.717) is 48.9 Å². The van der Waals surface area contributed by atoms with Gasteiger partial charge >= 0.3 is 0 Å². The Balaban J connectivity index is 1.09. The zero-order valence-corrected chi connectivity index (χ0v) is 19.5. The number of fused-ring (bicyclic) bond motifs is 1. The number of nitrogens with zero attached hydrogens (tertiary/aromatic N) is 2. The Bertz CT molecular complexity index is 1130. The Morgan fingerprint density at radius 1 is 1.06 bits per heavy atom. The normalized spacial score (nSPS) is 28.9. The van der Waals surface area contributed by atoms with Gasteiger partial charge in [-0.15, -0.1) is 0 Å². The molecule has 3 N–H and O–H groups in total. The number of guanidine groups is 1. The van der Waals surface area contributed by atoms with Gasteiger partial charge in [0.15, 0.2) is 12.2 Å². The van der Waals surface area contributed by atoms with Crippen LogP contribution >= 0.6 is 0 Å². The molecule has 0 aromatic heterocycles. The van der Waals surface area contributed by atoms with Crippen molar-refractivity contribution in [2.45, 2.75) is 51.1 Å². The molecule has 2 aromatic carbocycles. The van der Waals surface area contributed by atoms with Gasteiger partial charge in [-0.3, -0.25) is 9.59 Å². The summed E-state index contributed by atoms with van der Waals surface area (Å²) in [7, 11) is 0. The number of nitrogens with two attached hydrogens (primary N) is 1. The zero-order valence-electron chi connectivity index (χ0n) is 19.5. The SMILES string of the molecule is NC1=Nc2cc(-c3ccccc3C=O)ccc2CN1CCC(=O)NC1C2CC3CC(C2)CC1C3. The summed E-state index contributed by atoms with van der Waals surface area (Å²) in [5.74, 6) is 3.77. The number of benzene rings is 2. The summed E-state index contributed by atoms with van der Waals surface area (Å²) >= 11 is 0. The lowest BCUT2D eigenvalue weighted by molar-refractivity contribution is -0.125. The lowest BCUT2D eigenvalue weighted by atomic mass is 9.54. The molecule has 5 aliphatic rings. The standard InChI is InChI=1S/C28H32N4O2/c29-28-30-25-14-19(24-4-2-1-3-21(24)16-33)5-6-20(25)15-32(28)8-7-26(34)31-27-22-10-17-9-18(12-22)13-23(27)11-17/h1-6,14,16-18,22-23,27H,7-13,15H2,(H2,29,30)(H,31,34). The fourth-order valence-corrected chi connectivity index (χ4v) is 7.16. The third-order valence-electron chi connectivity index (χ3n) is 8.57. The van der Waals surface area contributed by atoms with E-state index in [9.17, 15) is 9.59 Å². The number of carbonyl (C=O) groups is 2. The summed E-state index contributed by atoms with van der Waals surface area (Å²) in [6.45, 7) is 1.19. The van der Waals surface area contributed by atoms with E-state index < -0.39 is 0 Å². The van der Waals surface area contributed by atoms with Crippen molar-refractivity contribution in [3.05, 3.63) is 53.6 Å². The maximum atomic E-state index is 12.8. The van der Waals surface area contributed by atoms with E-state index >= 15 is 0 Å². The highest BCUT2D eigenvalue weighted by molar-refractivity contribution is 5.89. The van der Waals surface area contributed by atoms with Gasteiger partial charge in [0.05, 0.1) is 5.69 Å². The average molecular weight is 457 g/mol. The van der Waals surface area contributed by atoms with Crippen LogP contribution in [0, 0.1) is 23.7 Å². The maximum absolute atomic E-state index is 12.8. The summed E-state index contributed by atoms with van der Waals surface area (Å²) in [4.78, 5) is 30.9. The van der Waals surface area contributed by atoms with Crippen molar-refractivity contribution >= 4 is 23.8 Å². The summed E-state index contributed by atoms with van der Waals surface area (Å²) in [6, 6.07) is 14.0. The van der Waals surface area contributed by atoms with Gasteiger partial charge in [-0.25, -0.2) is 4.99 Å². The number of aliphatic imine (C=N–C) groups is 1. The second kappa shape index (κ2) is 8.57. The predicted octanol–water partition coefficient (Wildman–Crippen LogP) is 4.26. The second-order valence-electron chi connectivity index (χ2n) is 10.7. The van der Waals surface area contributed by atoms with Crippen LogP contribution in [0.5, 0.6) is 0 Å². The lowest BCUT2D eigenvalue weighted by Gasteiger charge is -2.54. The molecule has 0 spiro atoms. The Morgan fingerprint density at radius 2 is 1.79 bits per heavy atom. The van der Waals surface area contributed by atoms with Gasteiger partial charge < -0.3 is 16.0 Å². The van der Waals surface area contributed by atoms with Crippen LogP contribution in [0.25, 0.3) is 11.1 Å². The predicted molar refractivity (Wildman–Crippen MR) is 133 cm³/mol. The van der Waals surface area contributed by atoms with E-state index in [1.54, 1.807) is 0 Å². The van der Waals surface area contributed by atoms with Gasteiger partial charge in [0.1, 0.15) is 0 Å². The number of hydrogen-bond acceptors (Lipinski definition) is 5. The molecule has 6 heteroatoms. The number of hydrogen-bond donors (Lipinski definition) is 2. The molecule has 34 heavy (non-hydrogen) atoms. The topological polar surface area (TPSA) is 87.8 Å². The molecule has 1 aliphatic heterocycles. The number of aldehydes is 1. The van der Waals surface area contributed by atoms with Gasteiger partial charge in [-0.05, 0) is 78.5 Å². The van der Waals surface area contributed by atoms with Crippen LogP contribution in [0.15, 0.2) is 47.5 Å². The van der Waals surface area contributed by atoms with Crippen LogP contribution in [-0.2, 0) is 11.3 Å². The monoisotopic (exact) mass is 456 g/mol. The molecule has 1 amide bonds. The van der Waals surface area contributed by atoms with Crippen molar-refractivity contribution in [2.75, 3.05) is 6.54 Å². The molecule has 4 saturated carbocycles. The van der Waals surface area contributed by atoms with Crippen LogP contribution in [0.1, 0.15) is 54.4 Å². The average Bonchev–Trinajstić information content (AvgIpc) is 2.84. The van der Waals surface area contributed by atoms with Gasteiger partial charge in [0, 0.05) is 31.1 Å². The third kappa shape index (κ3) is 3.89. The minimum atomic E-state index is 0.136. The van der Waals surface area contributed by atoms with Crippen LogP contribution in [0.3, 0.4) is 0 Å². The van der Waals surface area contributed by atoms with Crippen molar-refractivity contribution < 1.29 is 9.59 Å². The summed E-state index contributed by atoms with van der Waals surface area (Å²) < 4.78 is 0. The lowest BCUT2D eigenvalue weighted by Crippen LogP contribution is -2.56. The molecular formula is C28H32N4O2. The number of carbonyl (C=O) groups excluding carboxylic acids is 2. The first-order valence-electron chi connectivity index (χ1n) is 12.6. The summed E-state index contributed by atoms with van der Waals surface area (Å²) in [5, 5.41) is 3.40. The quantitative estimate of drug-likeness (QED) is 0.636. The third-order valence-corrected chi connectivity index (χ3v) is 8.57. The molecule has 7 rings (SSSR count). The summed E-state index contributed by atoms with van der Waals surface area (Å²) in [5.41, 5.74) is 10.7. The largest absolute Gasteiger partial charge is 0.369 e. The number of nitrogens with one attached hydrogen (secondary N) is 1. The fraction of sp³-hybridized carbons (Fsp3) is 0.464. The van der Waals surface area contributed by atoms with Crippen molar-refractivity contribution in [2.24, 2.45) is 34.4 Å². The highest BCUT2D eigenvalue weighted by Crippen LogP contribution is 2.53. The fourth-order valence-electron chi connectivity index (χ4n) is 7.16. The molecular weight excluding hydrogens is 424 g/mol. The first-order valence-corrected chi connectivity index (χ1v) is 12.6. The van der Waals surface area contributed by atoms with E-state index in [1.807, 2.05) is 47.4 Å². The smallest absolute Gasteiger partial charge is 0.222 e. The van der Waals surface area contributed by atoms with Crippen LogP contribution in [0.2, 0.25) is 0 Å². The molecule has 0 atom stereocenters. The maximum Gasteiger partial charge on any atom is 0.222 e. The van der Waals surface area contributed by atoms with Crippen LogP contribution in [-0.4, -0.2) is 35.6 Å². The van der Waals surface area contributed by atoms with E-state index in [0.717, 1.165) is 40.5 Å². The molecule has 176 valence electrons. The van der Waals surface area contributed by atoms with E-state index in [1.165, 1.54) is 32.1 Å². The summed E-state index contributed by atoms with van der Waals surface area (Å²) in [6.07, 6.45) is 7.95. The molecule has 0 unspecified atom stereocenters. The van der Waals surface area contributed by atoms with Crippen molar-refractivity contribution in [3.63, 3.8) is 0 Å². The van der Waals surface area contributed by atoms with Crippen molar-refractivity contribution in [1.82, 2.24) is 10.2 Å². The van der Waals surface area contributed by atoms with Crippen molar-refractivity contribution in [3.8, 4) is 11.1 Å². The van der Waals surface area contributed by atoms with E-state index in [-0.39, 0.29) is 5.91 Å². The number of rotatable bonds is 6. The molecule has 0 radical (unpaired) electrons.